The fraction of sp³-hybridized carbons (Fsp3) is 0.188. The van der Waals surface area contributed by atoms with Crippen LogP contribution in [-0.2, 0) is 9.53 Å². The average molecular weight is 373 g/mol. The quantitative estimate of drug-likeness (QED) is 0.494. The molecule has 26 heavy (non-hydrogen) atoms. The molecular weight excluding hydrogens is 358 g/mol. The van der Waals surface area contributed by atoms with Crippen molar-refractivity contribution in [1.29, 1.82) is 0 Å². The molecule has 2 aromatic heterocycles. The summed E-state index contributed by atoms with van der Waals surface area (Å²) < 4.78 is 6.50. The molecule has 0 atom stereocenters. The minimum absolute atomic E-state index is 0.111. The van der Waals surface area contributed by atoms with Crippen LogP contribution in [0.4, 0.5) is 5.69 Å². The Hall–Kier alpha value is -3.14. The van der Waals surface area contributed by atoms with Crippen molar-refractivity contribution in [2.24, 2.45) is 0 Å². The number of ether oxygens (including phenoxy) is 1. The van der Waals surface area contributed by atoms with Gasteiger partial charge < -0.3 is 10.1 Å². The van der Waals surface area contributed by atoms with Crippen LogP contribution < -0.4 is 10.9 Å². The van der Waals surface area contributed by atoms with Gasteiger partial charge in [0.25, 0.3) is 5.56 Å². The second-order valence-electron chi connectivity index (χ2n) is 5.12. The highest BCUT2D eigenvalue weighted by Crippen LogP contribution is 2.16. The van der Waals surface area contributed by atoms with Crippen LogP contribution in [0, 0.1) is 0 Å². The number of hydrogen-bond acceptors (Lipinski definition) is 7. The van der Waals surface area contributed by atoms with E-state index in [1.165, 1.54) is 17.8 Å². The summed E-state index contributed by atoms with van der Waals surface area (Å²) in [5.41, 5.74) is 0.715. The van der Waals surface area contributed by atoms with E-state index in [0.717, 1.165) is 0 Å². The average Bonchev–Trinajstić information content (AvgIpc) is 3.03. The molecule has 2 heterocycles. The van der Waals surface area contributed by atoms with Crippen molar-refractivity contribution in [3.63, 3.8) is 0 Å². The van der Waals surface area contributed by atoms with Crippen molar-refractivity contribution in [3.8, 4) is 0 Å². The maximum atomic E-state index is 12.1. The van der Waals surface area contributed by atoms with Crippen LogP contribution in [0.5, 0.6) is 0 Å². The van der Waals surface area contributed by atoms with Crippen molar-refractivity contribution in [3.05, 3.63) is 52.4 Å². The van der Waals surface area contributed by atoms with Crippen LogP contribution in [0.2, 0.25) is 0 Å². The summed E-state index contributed by atoms with van der Waals surface area (Å²) in [7, 11) is 0. The molecule has 3 aromatic rings. The Morgan fingerprint density at radius 2 is 2.00 bits per heavy atom. The van der Waals surface area contributed by atoms with Crippen LogP contribution in [0.25, 0.3) is 5.78 Å². The summed E-state index contributed by atoms with van der Waals surface area (Å²) in [5.74, 6) is -0.216. The third-order valence-electron chi connectivity index (χ3n) is 3.29. The first kappa shape index (κ1) is 17.7. The normalized spacial score (nSPS) is 10.7. The number of carbonyl (C=O) groups is 2. The molecule has 0 aliphatic rings. The van der Waals surface area contributed by atoms with Crippen molar-refractivity contribution >= 4 is 35.1 Å². The van der Waals surface area contributed by atoms with E-state index in [1.807, 2.05) is 0 Å². The zero-order chi connectivity index (χ0) is 18.5. The Kier molecular flexibility index (Phi) is 5.32. The Morgan fingerprint density at radius 1 is 1.23 bits per heavy atom. The predicted molar refractivity (Wildman–Crippen MR) is 95.4 cm³/mol. The Labute approximate surface area is 151 Å². The number of esters is 1. The van der Waals surface area contributed by atoms with Crippen LogP contribution in [0.3, 0.4) is 0 Å². The largest absolute Gasteiger partial charge is 0.462 e. The van der Waals surface area contributed by atoms with Gasteiger partial charge in [-0.2, -0.15) is 0 Å². The summed E-state index contributed by atoms with van der Waals surface area (Å²) in [6.45, 7) is 2.04. The number of thioether (sulfide) groups is 1. The van der Waals surface area contributed by atoms with E-state index in [0.29, 0.717) is 28.8 Å². The molecule has 3 rings (SSSR count). The molecule has 0 aliphatic carbocycles. The lowest BCUT2D eigenvalue weighted by Gasteiger charge is -2.06. The van der Waals surface area contributed by atoms with Gasteiger partial charge in [-0.1, -0.05) is 11.8 Å². The highest BCUT2D eigenvalue weighted by atomic mass is 32.2. The van der Waals surface area contributed by atoms with Gasteiger partial charge in [0.2, 0.25) is 11.7 Å². The van der Waals surface area contributed by atoms with Crippen molar-refractivity contribution < 1.29 is 14.3 Å². The zero-order valence-corrected chi connectivity index (χ0v) is 14.6. The SMILES string of the molecule is CCOC(=O)c1ccc(NC(=O)CSc2nnc3[nH]c(=O)ccn23)cc1. The monoisotopic (exact) mass is 373 g/mol. The third kappa shape index (κ3) is 4.09. The maximum Gasteiger partial charge on any atom is 0.338 e. The summed E-state index contributed by atoms with van der Waals surface area (Å²) in [4.78, 5) is 37.4. The number of aromatic amines is 1. The predicted octanol–water partition coefficient (Wildman–Crippen LogP) is 1.33. The van der Waals surface area contributed by atoms with E-state index in [9.17, 15) is 14.4 Å². The Morgan fingerprint density at radius 3 is 2.73 bits per heavy atom. The molecule has 0 radical (unpaired) electrons. The lowest BCUT2D eigenvalue weighted by molar-refractivity contribution is -0.113. The highest BCUT2D eigenvalue weighted by Gasteiger charge is 2.11. The summed E-state index contributed by atoms with van der Waals surface area (Å²) >= 11 is 1.19. The minimum atomic E-state index is -0.405. The summed E-state index contributed by atoms with van der Waals surface area (Å²) in [6, 6.07) is 7.79. The molecule has 0 spiro atoms. The maximum absolute atomic E-state index is 12.1. The van der Waals surface area contributed by atoms with Gasteiger partial charge in [0, 0.05) is 18.0 Å². The van der Waals surface area contributed by atoms with E-state index in [4.69, 9.17) is 4.74 Å². The number of amides is 1. The molecule has 0 saturated heterocycles. The number of anilines is 1. The number of hydrogen-bond donors (Lipinski definition) is 2. The molecule has 0 bridgehead atoms. The van der Waals surface area contributed by atoms with Crippen LogP contribution in [0.15, 0.2) is 46.5 Å². The molecule has 0 fully saturated rings. The number of nitrogens with one attached hydrogen (secondary N) is 2. The van der Waals surface area contributed by atoms with Gasteiger partial charge in [0.15, 0.2) is 5.16 Å². The van der Waals surface area contributed by atoms with Gasteiger partial charge in [-0.15, -0.1) is 10.2 Å². The van der Waals surface area contributed by atoms with Crippen LogP contribution >= 0.6 is 11.8 Å². The first-order valence-electron chi connectivity index (χ1n) is 7.70. The molecule has 10 heteroatoms. The summed E-state index contributed by atoms with van der Waals surface area (Å²) in [5, 5.41) is 11.0. The molecule has 1 aromatic carbocycles. The number of nitrogens with zero attached hydrogens (tertiary/aromatic N) is 3. The highest BCUT2D eigenvalue weighted by molar-refractivity contribution is 7.99. The molecule has 0 unspecified atom stereocenters. The fourth-order valence-corrected chi connectivity index (χ4v) is 2.84. The number of rotatable bonds is 6. The second-order valence-corrected chi connectivity index (χ2v) is 6.06. The molecule has 0 aliphatic heterocycles. The molecule has 2 N–H and O–H groups in total. The number of carbonyl (C=O) groups excluding carboxylic acids is 2. The fourth-order valence-electron chi connectivity index (χ4n) is 2.12. The first-order chi connectivity index (χ1) is 12.6. The lowest BCUT2D eigenvalue weighted by Crippen LogP contribution is -2.14. The van der Waals surface area contributed by atoms with Crippen molar-refractivity contribution in [2.45, 2.75) is 12.1 Å². The summed E-state index contributed by atoms with van der Waals surface area (Å²) in [6.07, 6.45) is 1.54. The number of fused-ring (bicyclic) bond motifs is 1. The standard InChI is InChI=1S/C16H15N5O4S/c1-2-25-14(24)10-3-5-11(6-4-10)17-13(23)9-26-16-20-19-15-18-12(22)7-8-21(15)16/h3-8H,2,9H2,1H3,(H,17,23)(H,18,19,22). The lowest BCUT2D eigenvalue weighted by atomic mass is 10.2. The van der Waals surface area contributed by atoms with Gasteiger partial charge in [-0.25, -0.2) is 4.79 Å². The molecular formula is C16H15N5O4S. The Balaban J connectivity index is 1.58. The van der Waals surface area contributed by atoms with Gasteiger partial charge in [-0.3, -0.25) is 19.0 Å². The smallest absolute Gasteiger partial charge is 0.338 e. The number of H-pyrrole nitrogens is 1. The van der Waals surface area contributed by atoms with Crippen molar-refractivity contribution in [2.75, 3.05) is 17.7 Å². The van der Waals surface area contributed by atoms with Gasteiger partial charge >= 0.3 is 5.97 Å². The molecule has 1 amide bonds. The minimum Gasteiger partial charge on any atom is -0.462 e. The van der Waals surface area contributed by atoms with Crippen LogP contribution in [-0.4, -0.2) is 43.8 Å². The first-order valence-corrected chi connectivity index (χ1v) is 8.69. The second kappa shape index (κ2) is 7.83. The molecule has 134 valence electrons. The molecule has 0 saturated carbocycles. The third-order valence-corrected chi connectivity index (χ3v) is 4.23. The number of aromatic nitrogens is 4. The van der Waals surface area contributed by atoms with E-state index >= 15 is 0 Å². The zero-order valence-electron chi connectivity index (χ0n) is 13.8. The van der Waals surface area contributed by atoms with Crippen molar-refractivity contribution in [1.82, 2.24) is 19.6 Å². The van der Waals surface area contributed by atoms with E-state index < -0.39 is 5.97 Å². The van der Waals surface area contributed by atoms with E-state index in [2.05, 4.69) is 20.5 Å². The van der Waals surface area contributed by atoms with E-state index in [-0.39, 0.29) is 17.2 Å². The number of benzene rings is 1. The van der Waals surface area contributed by atoms with Gasteiger partial charge in [-0.05, 0) is 31.2 Å². The van der Waals surface area contributed by atoms with Gasteiger partial charge in [0.1, 0.15) is 0 Å². The Bertz CT molecular complexity index is 996. The molecule has 9 nitrogen and oxygen atoms in total. The van der Waals surface area contributed by atoms with E-state index in [1.54, 1.807) is 41.8 Å². The van der Waals surface area contributed by atoms with Crippen LogP contribution in [0.1, 0.15) is 17.3 Å². The topological polar surface area (TPSA) is 118 Å². The van der Waals surface area contributed by atoms with Gasteiger partial charge in [0.05, 0.1) is 17.9 Å².